The van der Waals surface area contributed by atoms with E-state index in [0.717, 1.165) is 12.8 Å². The number of thioether (sulfide) groups is 1. The number of amides is 1. The number of aliphatic hydroxyl groups excluding tert-OH is 1. The molecule has 1 amide bonds. The van der Waals surface area contributed by atoms with Crippen LogP contribution in [0.3, 0.4) is 0 Å². The number of aliphatic hydroxyl groups is 1. The maximum Gasteiger partial charge on any atom is 0.232 e. The van der Waals surface area contributed by atoms with Crippen molar-refractivity contribution >= 4 is 17.7 Å². The van der Waals surface area contributed by atoms with Crippen LogP contribution in [0, 0.1) is 0 Å². The first-order chi connectivity index (χ1) is 5.75. The molecule has 4 heteroatoms. The fourth-order valence-corrected chi connectivity index (χ4v) is 1.64. The Morgan fingerprint density at radius 2 is 2.33 bits per heavy atom. The van der Waals surface area contributed by atoms with Crippen LogP contribution in [-0.4, -0.2) is 47.1 Å². The van der Waals surface area contributed by atoms with Crippen molar-refractivity contribution in [3.63, 3.8) is 0 Å². The molecule has 0 aliphatic heterocycles. The molecule has 0 bridgehead atoms. The quantitative estimate of drug-likeness (QED) is 0.634. The third kappa shape index (κ3) is 3.03. The van der Waals surface area contributed by atoms with E-state index in [2.05, 4.69) is 0 Å². The molecule has 0 aromatic carbocycles. The number of rotatable bonds is 5. The Morgan fingerprint density at radius 3 is 2.83 bits per heavy atom. The van der Waals surface area contributed by atoms with Gasteiger partial charge in [0.25, 0.3) is 0 Å². The van der Waals surface area contributed by atoms with Gasteiger partial charge in [-0.3, -0.25) is 4.79 Å². The normalized spacial score (nSPS) is 16.2. The van der Waals surface area contributed by atoms with Gasteiger partial charge >= 0.3 is 0 Å². The Balaban J connectivity index is 2.09. The molecule has 0 unspecified atom stereocenters. The zero-order valence-electron chi connectivity index (χ0n) is 7.32. The lowest BCUT2D eigenvalue weighted by atomic mass is 10.5. The Morgan fingerprint density at radius 1 is 1.67 bits per heavy atom. The van der Waals surface area contributed by atoms with Gasteiger partial charge in [-0.25, -0.2) is 0 Å². The van der Waals surface area contributed by atoms with Crippen molar-refractivity contribution in [3.8, 4) is 0 Å². The molecule has 0 atom stereocenters. The van der Waals surface area contributed by atoms with Crippen molar-refractivity contribution in [2.24, 2.45) is 0 Å². The molecule has 1 saturated carbocycles. The molecule has 1 rings (SSSR count). The summed E-state index contributed by atoms with van der Waals surface area (Å²) in [6.45, 7) is 0.158. The van der Waals surface area contributed by atoms with Gasteiger partial charge < -0.3 is 10.0 Å². The highest BCUT2D eigenvalue weighted by molar-refractivity contribution is 7.99. The second kappa shape index (κ2) is 4.72. The van der Waals surface area contributed by atoms with E-state index in [9.17, 15) is 4.79 Å². The fourth-order valence-electron chi connectivity index (χ4n) is 0.991. The van der Waals surface area contributed by atoms with E-state index >= 15 is 0 Å². The summed E-state index contributed by atoms with van der Waals surface area (Å²) < 4.78 is 0. The average Bonchev–Trinajstić information content (AvgIpc) is 2.86. The van der Waals surface area contributed by atoms with Crippen LogP contribution in [0.5, 0.6) is 0 Å². The van der Waals surface area contributed by atoms with E-state index in [1.165, 1.54) is 11.8 Å². The molecule has 0 saturated heterocycles. The number of carbonyl (C=O) groups is 1. The minimum absolute atomic E-state index is 0.158. The van der Waals surface area contributed by atoms with Crippen LogP contribution in [0.25, 0.3) is 0 Å². The van der Waals surface area contributed by atoms with Crippen LogP contribution < -0.4 is 0 Å². The predicted octanol–water partition coefficient (Wildman–Crippen LogP) is 0.333. The molecule has 0 spiro atoms. The molecule has 0 aromatic heterocycles. The molecular weight excluding hydrogens is 174 g/mol. The number of carbonyl (C=O) groups excluding carboxylic acids is 1. The van der Waals surface area contributed by atoms with Crippen LogP contribution >= 0.6 is 11.8 Å². The molecule has 1 fully saturated rings. The maximum absolute atomic E-state index is 11.3. The van der Waals surface area contributed by atoms with Crippen LogP contribution in [0.1, 0.15) is 12.8 Å². The lowest BCUT2D eigenvalue weighted by Gasteiger charge is -2.15. The Bertz CT molecular complexity index is 159. The van der Waals surface area contributed by atoms with Crippen LogP contribution in [0.4, 0.5) is 0 Å². The second-order valence-electron chi connectivity index (χ2n) is 3.01. The van der Waals surface area contributed by atoms with Crippen LogP contribution in [0.15, 0.2) is 0 Å². The van der Waals surface area contributed by atoms with Gasteiger partial charge in [0.2, 0.25) is 5.91 Å². The minimum Gasteiger partial charge on any atom is -0.396 e. The minimum atomic E-state index is 0.158. The first-order valence-corrected chi connectivity index (χ1v) is 5.35. The number of hydrogen-bond acceptors (Lipinski definition) is 3. The van der Waals surface area contributed by atoms with Gasteiger partial charge in [-0.2, -0.15) is 0 Å². The van der Waals surface area contributed by atoms with E-state index < -0.39 is 0 Å². The van der Waals surface area contributed by atoms with Crippen molar-refractivity contribution in [2.75, 3.05) is 25.2 Å². The summed E-state index contributed by atoms with van der Waals surface area (Å²) in [5.74, 6) is 1.36. The zero-order chi connectivity index (χ0) is 8.97. The van der Waals surface area contributed by atoms with Gasteiger partial charge in [0.1, 0.15) is 0 Å². The SMILES string of the molecule is CN(C(=O)CSCCO)C1CC1. The van der Waals surface area contributed by atoms with Gasteiger partial charge in [0.15, 0.2) is 0 Å². The molecule has 70 valence electrons. The fraction of sp³-hybridized carbons (Fsp3) is 0.875. The molecular formula is C8H15NO2S. The Labute approximate surface area is 77.1 Å². The third-order valence-electron chi connectivity index (χ3n) is 1.95. The third-order valence-corrected chi connectivity index (χ3v) is 2.87. The highest BCUT2D eigenvalue weighted by atomic mass is 32.2. The summed E-state index contributed by atoms with van der Waals surface area (Å²) in [4.78, 5) is 13.1. The molecule has 0 radical (unpaired) electrons. The van der Waals surface area contributed by atoms with Gasteiger partial charge in [0.05, 0.1) is 12.4 Å². The predicted molar refractivity (Wildman–Crippen MR) is 50.2 cm³/mol. The summed E-state index contributed by atoms with van der Waals surface area (Å²) in [7, 11) is 1.86. The van der Waals surface area contributed by atoms with Crippen molar-refractivity contribution in [1.29, 1.82) is 0 Å². The Hall–Kier alpha value is -0.220. The molecule has 1 aliphatic rings. The van der Waals surface area contributed by atoms with Crippen LogP contribution in [0.2, 0.25) is 0 Å². The lowest BCUT2D eigenvalue weighted by molar-refractivity contribution is -0.127. The highest BCUT2D eigenvalue weighted by Gasteiger charge is 2.28. The number of nitrogens with zero attached hydrogens (tertiary/aromatic N) is 1. The molecule has 12 heavy (non-hydrogen) atoms. The van der Waals surface area contributed by atoms with E-state index in [4.69, 9.17) is 5.11 Å². The molecule has 1 aliphatic carbocycles. The smallest absolute Gasteiger partial charge is 0.232 e. The zero-order valence-corrected chi connectivity index (χ0v) is 8.14. The van der Waals surface area contributed by atoms with E-state index in [1.54, 1.807) is 0 Å². The average molecular weight is 189 g/mol. The largest absolute Gasteiger partial charge is 0.396 e. The summed E-state index contributed by atoms with van der Waals surface area (Å²) >= 11 is 1.49. The first kappa shape index (κ1) is 9.86. The molecule has 0 aromatic rings. The topological polar surface area (TPSA) is 40.5 Å². The monoisotopic (exact) mass is 189 g/mol. The molecule has 1 N–H and O–H groups in total. The van der Waals surface area contributed by atoms with E-state index in [1.807, 2.05) is 11.9 Å². The van der Waals surface area contributed by atoms with Crippen molar-refractivity contribution in [3.05, 3.63) is 0 Å². The van der Waals surface area contributed by atoms with Crippen LogP contribution in [-0.2, 0) is 4.79 Å². The first-order valence-electron chi connectivity index (χ1n) is 4.20. The summed E-state index contributed by atoms with van der Waals surface area (Å²) in [6, 6.07) is 0.507. The van der Waals surface area contributed by atoms with Crippen molar-refractivity contribution in [1.82, 2.24) is 4.90 Å². The standard InChI is InChI=1S/C8H15NO2S/c1-9(7-2-3-7)8(11)6-12-5-4-10/h7,10H,2-6H2,1H3. The lowest BCUT2D eigenvalue weighted by Crippen LogP contribution is -2.30. The van der Waals surface area contributed by atoms with Gasteiger partial charge in [-0.1, -0.05) is 0 Å². The maximum atomic E-state index is 11.3. The summed E-state index contributed by atoms with van der Waals surface area (Å²) in [6.07, 6.45) is 2.32. The van der Waals surface area contributed by atoms with E-state index in [-0.39, 0.29) is 12.5 Å². The summed E-state index contributed by atoms with van der Waals surface area (Å²) in [5, 5.41) is 8.49. The highest BCUT2D eigenvalue weighted by Crippen LogP contribution is 2.25. The molecule has 3 nitrogen and oxygen atoms in total. The second-order valence-corrected chi connectivity index (χ2v) is 4.12. The van der Waals surface area contributed by atoms with Gasteiger partial charge in [-0.15, -0.1) is 11.8 Å². The van der Waals surface area contributed by atoms with Crippen molar-refractivity contribution in [2.45, 2.75) is 18.9 Å². The van der Waals surface area contributed by atoms with Gasteiger partial charge in [0, 0.05) is 18.8 Å². The summed E-state index contributed by atoms with van der Waals surface area (Å²) in [5.41, 5.74) is 0. The van der Waals surface area contributed by atoms with E-state index in [0.29, 0.717) is 17.5 Å². The van der Waals surface area contributed by atoms with Crippen molar-refractivity contribution < 1.29 is 9.90 Å². The van der Waals surface area contributed by atoms with Gasteiger partial charge in [-0.05, 0) is 12.8 Å². The number of hydrogen-bond donors (Lipinski definition) is 1. The Kier molecular flexibility index (Phi) is 3.88. The molecule has 0 heterocycles.